The van der Waals surface area contributed by atoms with Gasteiger partial charge in [0.25, 0.3) is 0 Å². The molecule has 0 aromatic heterocycles. The van der Waals surface area contributed by atoms with Crippen LogP contribution >= 0.6 is 0 Å². The lowest BCUT2D eigenvalue weighted by Gasteiger charge is -2.16. The molecule has 0 aliphatic heterocycles. The zero-order chi connectivity index (χ0) is 25.1. The average Bonchev–Trinajstić information content (AvgIpc) is 3.45. The molecule has 0 N–H and O–H groups in total. The van der Waals surface area contributed by atoms with E-state index in [4.69, 9.17) is 0 Å². The van der Waals surface area contributed by atoms with Gasteiger partial charge in [-0.05, 0) is 112 Å². The van der Waals surface area contributed by atoms with Gasteiger partial charge in [0.05, 0.1) is 0 Å². The summed E-state index contributed by atoms with van der Waals surface area (Å²) in [6.07, 6.45) is 0. The molecule has 9 aromatic carbocycles. The van der Waals surface area contributed by atoms with Crippen molar-refractivity contribution in [3.63, 3.8) is 0 Å². The summed E-state index contributed by atoms with van der Waals surface area (Å²) in [7, 11) is 0. The smallest absolute Gasteiger partial charge is 0.00110 e. The average molecular weight is 481 g/mol. The molecule has 0 aliphatic rings. The third-order valence-corrected chi connectivity index (χ3v) is 8.94. The zero-order valence-corrected chi connectivity index (χ0v) is 21.4. The van der Waals surface area contributed by atoms with Crippen LogP contribution in [0.25, 0.3) is 86.5 Å². The van der Waals surface area contributed by atoms with E-state index in [2.05, 4.69) is 123 Å². The van der Waals surface area contributed by atoms with Gasteiger partial charge in [0.15, 0.2) is 0 Å². The Bertz CT molecular complexity index is 2380. The Morgan fingerprint density at radius 3 is 1.84 bits per heavy atom. The number of benzene rings is 7. The van der Waals surface area contributed by atoms with Crippen molar-refractivity contribution in [2.24, 2.45) is 0 Å². The predicted molar refractivity (Wildman–Crippen MR) is 166 cm³/mol. The molecule has 0 fully saturated rings. The first-order valence-electron chi connectivity index (χ1n) is 13.5. The van der Waals surface area contributed by atoms with Gasteiger partial charge in [-0.3, -0.25) is 0 Å². The van der Waals surface area contributed by atoms with Crippen LogP contribution in [0, 0.1) is 13.8 Å². The van der Waals surface area contributed by atoms with E-state index < -0.39 is 0 Å². The summed E-state index contributed by atoms with van der Waals surface area (Å²) < 4.78 is 0. The third-order valence-electron chi connectivity index (χ3n) is 8.94. The molecule has 0 spiro atoms. The minimum Gasteiger partial charge on any atom is -0.0622 e. The largest absolute Gasteiger partial charge is 0.0622 e. The Morgan fingerprint density at radius 2 is 1.05 bits per heavy atom. The Kier molecular flexibility index (Phi) is 3.75. The van der Waals surface area contributed by atoms with Crippen molar-refractivity contribution in [1.29, 1.82) is 0 Å². The molecule has 0 amide bonds. The van der Waals surface area contributed by atoms with Gasteiger partial charge in [0, 0.05) is 0 Å². The van der Waals surface area contributed by atoms with Crippen molar-refractivity contribution >= 4 is 75.4 Å². The van der Waals surface area contributed by atoms with Crippen LogP contribution in [0.15, 0.2) is 109 Å². The second-order valence-electron chi connectivity index (χ2n) is 10.9. The molecule has 38 heavy (non-hydrogen) atoms. The minimum absolute atomic E-state index is 1.28. The normalized spacial score (nSPS) is 12.5. The molecule has 0 aliphatic carbocycles. The maximum absolute atomic E-state index is 2.50. The van der Waals surface area contributed by atoms with Gasteiger partial charge in [0.2, 0.25) is 0 Å². The molecule has 0 saturated heterocycles. The van der Waals surface area contributed by atoms with E-state index in [9.17, 15) is 0 Å². The molecular formula is C38H24. The third kappa shape index (κ3) is 2.37. The van der Waals surface area contributed by atoms with Crippen LogP contribution in [0.1, 0.15) is 11.1 Å². The van der Waals surface area contributed by atoms with Crippen LogP contribution in [0.4, 0.5) is 0 Å². The summed E-state index contributed by atoms with van der Waals surface area (Å²) in [5.41, 5.74) is 5.33. The second-order valence-corrected chi connectivity index (χ2v) is 10.9. The SMILES string of the molecule is Cc1ccc2c(c1)c1cccc3c4c(C)c5c6cccc7cccc(c5c(-c5ccccc5)c4cc2c13)c76. The van der Waals surface area contributed by atoms with E-state index in [1.807, 2.05) is 0 Å². The molecule has 0 saturated carbocycles. The Morgan fingerprint density at radius 1 is 0.368 bits per heavy atom. The molecule has 0 atom stereocenters. The molecule has 0 heteroatoms. The van der Waals surface area contributed by atoms with Crippen molar-refractivity contribution in [3.8, 4) is 11.1 Å². The number of rotatable bonds is 1. The standard InChI is InChI=1S/C38H24/c1-21-17-18-25-30(19-21)26-13-8-16-27-33-22(2)34-28-14-6-11-23-12-7-15-29(35(23)28)38(34)36(24-9-4-3-5-10-24)32(33)20-31(25)37(26)27/h3-20H,1-2H3. The van der Waals surface area contributed by atoms with E-state index in [1.54, 1.807) is 0 Å². The summed E-state index contributed by atoms with van der Waals surface area (Å²) in [6.45, 7) is 4.54. The topological polar surface area (TPSA) is 0 Å². The summed E-state index contributed by atoms with van der Waals surface area (Å²) in [4.78, 5) is 0. The fraction of sp³-hybridized carbons (Fsp3) is 0.0526. The molecule has 9 aromatic rings. The highest BCUT2D eigenvalue weighted by Crippen LogP contribution is 2.51. The van der Waals surface area contributed by atoms with Crippen molar-refractivity contribution < 1.29 is 0 Å². The van der Waals surface area contributed by atoms with Gasteiger partial charge in [-0.25, -0.2) is 0 Å². The van der Waals surface area contributed by atoms with E-state index in [1.165, 1.54) is 97.7 Å². The van der Waals surface area contributed by atoms with Gasteiger partial charge in [-0.1, -0.05) is 109 Å². The Labute approximate surface area is 220 Å². The number of hydrogen-bond acceptors (Lipinski definition) is 0. The van der Waals surface area contributed by atoms with Gasteiger partial charge in [0.1, 0.15) is 0 Å². The molecule has 0 heterocycles. The molecule has 176 valence electrons. The number of hydrogen-bond donors (Lipinski definition) is 0. The van der Waals surface area contributed by atoms with Gasteiger partial charge in [-0.2, -0.15) is 0 Å². The van der Waals surface area contributed by atoms with E-state index in [0.717, 1.165) is 0 Å². The van der Waals surface area contributed by atoms with Crippen molar-refractivity contribution in [2.75, 3.05) is 0 Å². The predicted octanol–water partition coefficient (Wildman–Crippen LogP) is 10.9. The van der Waals surface area contributed by atoms with E-state index in [-0.39, 0.29) is 0 Å². The fourth-order valence-corrected chi connectivity index (χ4v) is 7.48. The first kappa shape index (κ1) is 20.4. The quantitative estimate of drug-likeness (QED) is 0.205. The summed E-state index contributed by atoms with van der Waals surface area (Å²) in [5, 5.41) is 19.2. The lowest BCUT2D eigenvalue weighted by molar-refractivity contribution is 1.52. The highest BCUT2D eigenvalue weighted by atomic mass is 14.3. The summed E-state index contributed by atoms with van der Waals surface area (Å²) in [5.74, 6) is 0. The van der Waals surface area contributed by atoms with Crippen molar-refractivity contribution in [1.82, 2.24) is 0 Å². The number of fused-ring (bicyclic) bond motifs is 8. The Balaban J connectivity index is 1.66. The van der Waals surface area contributed by atoms with Gasteiger partial charge in [-0.15, -0.1) is 0 Å². The minimum atomic E-state index is 1.28. The molecular weight excluding hydrogens is 456 g/mol. The monoisotopic (exact) mass is 480 g/mol. The van der Waals surface area contributed by atoms with Crippen LogP contribution in [0.5, 0.6) is 0 Å². The summed E-state index contributed by atoms with van der Waals surface area (Å²) >= 11 is 0. The van der Waals surface area contributed by atoms with Crippen LogP contribution in [0.3, 0.4) is 0 Å². The second kappa shape index (κ2) is 7.00. The van der Waals surface area contributed by atoms with Gasteiger partial charge < -0.3 is 0 Å². The van der Waals surface area contributed by atoms with Gasteiger partial charge >= 0.3 is 0 Å². The first-order valence-corrected chi connectivity index (χ1v) is 13.5. The highest BCUT2D eigenvalue weighted by Gasteiger charge is 2.23. The van der Waals surface area contributed by atoms with Crippen LogP contribution in [0.2, 0.25) is 0 Å². The maximum atomic E-state index is 2.50. The molecule has 0 nitrogen and oxygen atoms in total. The molecule has 0 bridgehead atoms. The van der Waals surface area contributed by atoms with Crippen molar-refractivity contribution in [3.05, 3.63) is 120 Å². The maximum Gasteiger partial charge on any atom is -0.00110 e. The van der Waals surface area contributed by atoms with E-state index >= 15 is 0 Å². The lowest BCUT2D eigenvalue weighted by atomic mass is 9.86. The van der Waals surface area contributed by atoms with Crippen molar-refractivity contribution in [2.45, 2.75) is 13.8 Å². The summed E-state index contributed by atoms with van der Waals surface area (Å²) in [6, 6.07) is 41.0. The van der Waals surface area contributed by atoms with Crippen LogP contribution < -0.4 is 0 Å². The van der Waals surface area contributed by atoms with E-state index in [0.29, 0.717) is 0 Å². The molecule has 0 unspecified atom stereocenters. The zero-order valence-electron chi connectivity index (χ0n) is 21.4. The lowest BCUT2D eigenvalue weighted by Crippen LogP contribution is -1.90. The molecule has 9 rings (SSSR count). The first-order chi connectivity index (χ1) is 18.7. The molecule has 0 radical (unpaired) electrons. The Hall–Kier alpha value is -4.68. The highest BCUT2D eigenvalue weighted by molar-refractivity contribution is 6.41. The van der Waals surface area contributed by atoms with Crippen LogP contribution in [-0.4, -0.2) is 0 Å². The van der Waals surface area contributed by atoms with Crippen LogP contribution in [-0.2, 0) is 0 Å². The number of aryl methyl sites for hydroxylation is 2. The fourth-order valence-electron chi connectivity index (χ4n) is 7.48.